The highest BCUT2D eigenvalue weighted by Crippen LogP contribution is 2.28. The van der Waals surface area contributed by atoms with Crippen molar-refractivity contribution in [3.63, 3.8) is 0 Å². The third kappa shape index (κ3) is 2.68. The Hall–Kier alpha value is -2.75. The van der Waals surface area contributed by atoms with Crippen molar-refractivity contribution in [3.8, 4) is 11.4 Å². The average Bonchev–Trinajstić information content (AvgIpc) is 3.18. The summed E-state index contributed by atoms with van der Waals surface area (Å²) in [5.41, 5.74) is 0.421. The maximum Gasteiger partial charge on any atom is 0.330 e. The number of ether oxygens (including phenoxy) is 1. The molecule has 0 spiro atoms. The Morgan fingerprint density at radius 1 is 1.28 bits per heavy atom. The molecule has 2 aromatic heterocycles. The van der Waals surface area contributed by atoms with E-state index in [0.29, 0.717) is 11.3 Å². The van der Waals surface area contributed by atoms with E-state index < -0.39 is 29.7 Å². The standard InChI is InChI=1S/C16H16N4O5/c21-7-12-11(22)5-13(25-12)20-6-8(15(23)19-16(20)24)14-17-9-3-1-2-4-10(9)18-14/h1-4,6,11-13,21-22H,5,7H2,(H,17,18)(H,19,23,24). The van der Waals surface area contributed by atoms with Gasteiger partial charge in [-0.2, -0.15) is 0 Å². The zero-order valence-corrected chi connectivity index (χ0v) is 13.0. The van der Waals surface area contributed by atoms with E-state index in [4.69, 9.17) is 4.74 Å². The van der Waals surface area contributed by atoms with E-state index >= 15 is 0 Å². The molecule has 130 valence electrons. The summed E-state index contributed by atoms with van der Waals surface area (Å²) in [7, 11) is 0. The summed E-state index contributed by atoms with van der Waals surface area (Å²) in [4.78, 5) is 34.0. The smallest absolute Gasteiger partial charge is 0.330 e. The number of aliphatic hydroxyl groups is 2. The van der Waals surface area contributed by atoms with Crippen LogP contribution in [0.15, 0.2) is 40.1 Å². The van der Waals surface area contributed by atoms with E-state index in [1.54, 1.807) is 0 Å². The van der Waals surface area contributed by atoms with Crippen molar-refractivity contribution in [1.29, 1.82) is 0 Å². The normalized spacial score (nSPS) is 23.4. The molecular weight excluding hydrogens is 328 g/mol. The number of rotatable bonds is 3. The highest BCUT2D eigenvalue weighted by atomic mass is 16.5. The Morgan fingerprint density at radius 2 is 2.08 bits per heavy atom. The minimum Gasteiger partial charge on any atom is -0.394 e. The molecule has 0 amide bonds. The molecule has 0 bridgehead atoms. The molecule has 9 nitrogen and oxygen atoms in total. The van der Waals surface area contributed by atoms with Crippen LogP contribution in [0.5, 0.6) is 0 Å². The van der Waals surface area contributed by atoms with E-state index in [1.807, 2.05) is 24.3 Å². The van der Waals surface area contributed by atoms with Crippen LogP contribution in [0.4, 0.5) is 0 Å². The lowest BCUT2D eigenvalue weighted by molar-refractivity contribution is -0.0458. The molecule has 9 heteroatoms. The summed E-state index contributed by atoms with van der Waals surface area (Å²) < 4.78 is 6.69. The molecule has 0 saturated carbocycles. The number of para-hydroxylation sites is 2. The first kappa shape index (κ1) is 15.8. The Labute approximate surface area is 140 Å². The summed E-state index contributed by atoms with van der Waals surface area (Å²) in [6.07, 6.45) is -0.936. The summed E-state index contributed by atoms with van der Waals surface area (Å²) in [6.45, 7) is -0.355. The second-order valence-corrected chi connectivity index (χ2v) is 5.93. The predicted octanol–water partition coefficient (Wildman–Crippen LogP) is -0.279. The zero-order valence-electron chi connectivity index (χ0n) is 13.0. The minimum atomic E-state index is -0.886. The van der Waals surface area contributed by atoms with Crippen LogP contribution in [0, 0.1) is 0 Å². The Kier molecular flexibility index (Phi) is 3.75. The largest absolute Gasteiger partial charge is 0.394 e. The van der Waals surface area contributed by atoms with Gasteiger partial charge in [-0.1, -0.05) is 12.1 Å². The Morgan fingerprint density at radius 3 is 2.80 bits per heavy atom. The topological polar surface area (TPSA) is 133 Å². The van der Waals surface area contributed by atoms with Gasteiger partial charge in [0.15, 0.2) is 0 Å². The first-order valence-corrected chi connectivity index (χ1v) is 7.82. The molecule has 3 atom stereocenters. The SMILES string of the molecule is O=c1[nH]c(=O)n(C2CC(O)C(CO)O2)cc1-c1nc2ccccc2[nH]1. The molecule has 1 saturated heterocycles. The van der Waals surface area contributed by atoms with Crippen LogP contribution < -0.4 is 11.2 Å². The van der Waals surface area contributed by atoms with Crippen LogP contribution in [0.25, 0.3) is 22.4 Å². The number of benzene rings is 1. The first-order chi connectivity index (χ1) is 12.1. The van der Waals surface area contributed by atoms with Gasteiger partial charge in [-0.05, 0) is 12.1 Å². The second-order valence-electron chi connectivity index (χ2n) is 5.93. The van der Waals surface area contributed by atoms with Crippen LogP contribution >= 0.6 is 0 Å². The highest BCUT2D eigenvalue weighted by molar-refractivity contribution is 5.78. The van der Waals surface area contributed by atoms with Gasteiger partial charge in [-0.15, -0.1) is 0 Å². The van der Waals surface area contributed by atoms with Gasteiger partial charge in [0.25, 0.3) is 5.56 Å². The number of aliphatic hydroxyl groups excluding tert-OH is 2. The maximum absolute atomic E-state index is 12.2. The maximum atomic E-state index is 12.2. The molecule has 4 rings (SSSR count). The molecule has 1 aromatic carbocycles. The molecule has 1 aliphatic rings. The number of aromatic nitrogens is 4. The van der Waals surface area contributed by atoms with Crippen molar-refractivity contribution in [3.05, 3.63) is 51.3 Å². The van der Waals surface area contributed by atoms with E-state index in [-0.39, 0.29) is 18.6 Å². The molecule has 1 aliphatic heterocycles. The Bertz CT molecular complexity index is 1000. The number of H-pyrrole nitrogens is 2. The third-order valence-electron chi connectivity index (χ3n) is 4.31. The number of nitrogens with zero attached hydrogens (tertiary/aromatic N) is 2. The number of imidazole rings is 1. The summed E-state index contributed by atoms with van der Waals surface area (Å²) in [5, 5.41) is 19.0. The fraction of sp³-hybridized carbons (Fsp3) is 0.312. The van der Waals surface area contributed by atoms with Crippen molar-refractivity contribution < 1.29 is 14.9 Å². The summed E-state index contributed by atoms with van der Waals surface area (Å²) in [6, 6.07) is 7.32. The Balaban J connectivity index is 1.79. The summed E-state index contributed by atoms with van der Waals surface area (Å²) in [5.74, 6) is 0.327. The molecule has 3 heterocycles. The third-order valence-corrected chi connectivity index (χ3v) is 4.31. The van der Waals surface area contributed by atoms with Crippen LogP contribution in [0.3, 0.4) is 0 Å². The van der Waals surface area contributed by atoms with Crippen molar-refractivity contribution in [2.45, 2.75) is 24.9 Å². The average molecular weight is 344 g/mol. The first-order valence-electron chi connectivity index (χ1n) is 7.82. The van der Waals surface area contributed by atoms with Crippen LogP contribution in [-0.2, 0) is 4.74 Å². The number of nitrogens with one attached hydrogen (secondary N) is 2. The quantitative estimate of drug-likeness (QED) is 0.516. The zero-order chi connectivity index (χ0) is 17.6. The van der Waals surface area contributed by atoms with Gasteiger partial charge in [-0.3, -0.25) is 14.3 Å². The predicted molar refractivity (Wildman–Crippen MR) is 88.0 cm³/mol. The highest BCUT2D eigenvalue weighted by Gasteiger charge is 2.35. The van der Waals surface area contributed by atoms with Crippen molar-refractivity contribution in [1.82, 2.24) is 19.5 Å². The van der Waals surface area contributed by atoms with E-state index in [0.717, 1.165) is 5.52 Å². The van der Waals surface area contributed by atoms with Gasteiger partial charge in [0.1, 0.15) is 18.2 Å². The van der Waals surface area contributed by atoms with E-state index in [9.17, 15) is 19.8 Å². The number of hydrogen-bond donors (Lipinski definition) is 4. The summed E-state index contributed by atoms with van der Waals surface area (Å²) >= 11 is 0. The fourth-order valence-corrected chi connectivity index (χ4v) is 3.00. The van der Waals surface area contributed by atoms with Crippen LogP contribution in [-0.4, -0.2) is 48.5 Å². The molecule has 4 N–H and O–H groups in total. The van der Waals surface area contributed by atoms with Gasteiger partial charge in [0, 0.05) is 12.6 Å². The molecule has 0 radical (unpaired) electrons. The van der Waals surface area contributed by atoms with Crippen molar-refractivity contribution in [2.24, 2.45) is 0 Å². The number of aromatic amines is 2. The van der Waals surface area contributed by atoms with Gasteiger partial charge in [-0.25, -0.2) is 9.78 Å². The van der Waals surface area contributed by atoms with Crippen LogP contribution in [0.2, 0.25) is 0 Å². The molecule has 3 unspecified atom stereocenters. The molecule has 0 aliphatic carbocycles. The molecule has 25 heavy (non-hydrogen) atoms. The van der Waals surface area contributed by atoms with Crippen LogP contribution in [0.1, 0.15) is 12.6 Å². The lowest BCUT2D eigenvalue weighted by Crippen LogP contribution is -2.33. The second kappa shape index (κ2) is 5.96. The van der Waals surface area contributed by atoms with Crippen molar-refractivity contribution in [2.75, 3.05) is 6.61 Å². The lowest BCUT2D eigenvalue weighted by atomic mass is 10.2. The molecular formula is C16H16N4O5. The monoisotopic (exact) mass is 344 g/mol. The molecule has 1 fully saturated rings. The van der Waals surface area contributed by atoms with Crippen molar-refractivity contribution >= 4 is 11.0 Å². The fourth-order valence-electron chi connectivity index (χ4n) is 3.00. The van der Waals surface area contributed by atoms with E-state index in [2.05, 4.69) is 15.0 Å². The van der Waals surface area contributed by atoms with Gasteiger partial charge in [0.2, 0.25) is 0 Å². The van der Waals surface area contributed by atoms with Gasteiger partial charge < -0.3 is 19.9 Å². The van der Waals surface area contributed by atoms with Gasteiger partial charge in [0.05, 0.1) is 29.3 Å². The van der Waals surface area contributed by atoms with Gasteiger partial charge >= 0.3 is 5.69 Å². The molecule has 3 aromatic rings. The number of fused-ring (bicyclic) bond motifs is 1. The number of hydrogen-bond acceptors (Lipinski definition) is 6. The van der Waals surface area contributed by atoms with E-state index in [1.165, 1.54) is 10.8 Å². The minimum absolute atomic E-state index is 0.136. The lowest BCUT2D eigenvalue weighted by Gasteiger charge is -2.14.